The normalized spacial score (nSPS) is 23.7. The summed E-state index contributed by atoms with van der Waals surface area (Å²) in [5, 5.41) is 6.52. The van der Waals surface area contributed by atoms with Gasteiger partial charge in [-0.05, 0) is 72.6 Å². The minimum absolute atomic E-state index is 0.0600. The summed E-state index contributed by atoms with van der Waals surface area (Å²) in [7, 11) is 0. The molecule has 0 saturated carbocycles. The number of rotatable bonds is 2. The van der Waals surface area contributed by atoms with Crippen molar-refractivity contribution in [3.63, 3.8) is 0 Å². The van der Waals surface area contributed by atoms with Crippen molar-refractivity contribution in [3.05, 3.63) is 32.9 Å². The molecule has 1 aromatic carbocycles. The predicted octanol–water partition coefficient (Wildman–Crippen LogP) is 2.33. The molecule has 2 N–H and O–H groups in total. The zero-order valence-corrected chi connectivity index (χ0v) is 13.0. The Morgan fingerprint density at radius 2 is 2.28 bits per heavy atom. The van der Waals surface area contributed by atoms with Gasteiger partial charge < -0.3 is 10.6 Å². The fourth-order valence-electron chi connectivity index (χ4n) is 2.33. The smallest absolute Gasteiger partial charge is 0.251 e. The van der Waals surface area contributed by atoms with E-state index in [1.165, 1.54) is 0 Å². The first-order chi connectivity index (χ1) is 8.59. The lowest BCUT2D eigenvalue weighted by Crippen LogP contribution is -2.48. The van der Waals surface area contributed by atoms with Gasteiger partial charge in [0.15, 0.2) is 0 Å². The Morgan fingerprint density at radius 3 is 3.00 bits per heavy atom. The third-order valence-electron chi connectivity index (χ3n) is 3.61. The average molecular weight is 358 g/mol. The Labute approximate surface area is 122 Å². The summed E-state index contributed by atoms with van der Waals surface area (Å²) in [4.78, 5) is 12.3. The largest absolute Gasteiger partial charge is 0.349 e. The quantitative estimate of drug-likeness (QED) is 0.797. The molecule has 1 fully saturated rings. The van der Waals surface area contributed by atoms with Crippen LogP contribution in [0.2, 0.25) is 0 Å². The molecule has 3 nitrogen and oxygen atoms in total. The van der Waals surface area contributed by atoms with E-state index in [4.69, 9.17) is 0 Å². The zero-order valence-electron chi connectivity index (χ0n) is 10.8. The number of carbonyl (C=O) groups is 1. The van der Waals surface area contributed by atoms with Crippen LogP contribution in [0.15, 0.2) is 18.2 Å². The average Bonchev–Trinajstić information content (AvgIpc) is 2.35. The molecule has 4 heteroatoms. The SMILES string of the molecule is Cc1c(I)cccc1C(=O)NC1CCNCC1C. The zero-order chi connectivity index (χ0) is 13.1. The van der Waals surface area contributed by atoms with Gasteiger partial charge in [-0.2, -0.15) is 0 Å². The molecule has 0 radical (unpaired) electrons. The Hall–Kier alpha value is -0.620. The molecule has 0 bridgehead atoms. The monoisotopic (exact) mass is 358 g/mol. The van der Waals surface area contributed by atoms with E-state index >= 15 is 0 Å². The molecule has 1 heterocycles. The molecule has 0 aliphatic carbocycles. The first kappa shape index (κ1) is 13.8. The Balaban J connectivity index is 2.09. The standard InChI is InChI=1S/C14H19IN2O/c1-9-8-16-7-6-13(9)17-14(18)11-4-3-5-12(15)10(11)2/h3-5,9,13,16H,6-8H2,1-2H3,(H,17,18). The lowest BCUT2D eigenvalue weighted by molar-refractivity contribution is 0.0913. The lowest BCUT2D eigenvalue weighted by atomic mass is 9.95. The van der Waals surface area contributed by atoms with Gasteiger partial charge in [-0.1, -0.05) is 13.0 Å². The number of hydrogen-bond acceptors (Lipinski definition) is 2. The van der Waals surface area contributed by atoms with Gasteiger partial charge >= 0.3 is 0 Å². The van der Waals surface area contributed by atoms with Crippen LogP contribution in [0, 0.1) is 16.4 Å². The lowest BCUT2D eigenvalue weighted by Gasteiger charge is -2.30. The van der Waals surface area contributed by atoms with E-state index in [2.05, 4.69) is 40.1 Å². The van der Waals surface area contributed by atoms with Crippen LogP contribution < -0.4 is 10.6 Å². The van der Waals surface area contributed by atoms with Gasteiger partial charge in [-0.25, -0.2) is 0 Å². The van der Waals surface area contributed by atoms with Crippen LogP contribution >= 0.6 is 22.6 Å². The molecular weight excluding hydrogens is 339 g/mol. The van der Waals surface area contributed by atoms with Crippen molar-refractivity contribution in [2.45, 2.75) is 26.3 Å². The van der Waals surface area contributed by atoms with Crippen LogP contribution in [0.25, 0.3) is 0 Å². The molecule has 98 valence electrons. The molecule has 2 atom stereocenters. The highest BCUT2D eigenvalue weighted by molar-refractivity contribution is 14.1. The van der Waals surface area contributed by atoms with Crippen molar-refractivity contribution in [2.24, 2.45) is 5.92 Å². The van der Waals surface area contributed by atoms with E-state index in [9.17, 15) is 4.79 Å². The Kier molecular flexibility index (Phi) is 4.61. The molecular formula is C14H19IN2O. The van der Waals surface area contributed by atoms with Gasteiger partial charge in [0.05, 0.1) is 0 Å². The Bertz CT molecular complexity index is 447. The highest BCUT2D eigenvalue weighted by Crippen LogP contribution is 2.17. The fraction of sp³-hybridized carbons (Fsp3) is 0.500. The molecule has 1 aliphatic rings. The molecule has 0 spiro atoms. The second-order valence-electron chi connectivity index (χ2n) is 4.96. The third kappa shape index (κ3) is 3.03. The minimum Gasteiger partial charge on any atom is -0.349 e. The molecule has 1 aromatic rings. The molecule has 1 aliphatic heterocycles. The van der Waals surface area contributed by atoms with Crippen molar-refractivity contribution in [2.75, 3.05) is 13.1 Å². The van der Waals surface area contributed by atoms with Crippen molar-refractivity contribution in [1.29, 1.82) is 0 Å². The summed E-state index contributed by atoms with van der Waals surface area (Å²) in [5.41, 5.74) is 1.87. The van der Waals surface area contributed by atoms with Crippen LogP contribution in [-0.2, 0) is 0 Å². The second kappa shape index (κ2) is 6.02. The third-order valence-corrected chi connectivity index (χ3v) is 4.78. The first-order valence-electron chi connectivity index (χ1n) is 6.36. The summed E-state index contributed by atoms with van der Waals surface area (Å²) < 4.78 is 1.14. The van der Waals surface area contributed by atoms with Crippen molar-refractivity contribution >= 4 is 28.5 Å². The van der Waals surface area contributed by atoms with E-state index < -0.39 is 0 Å². The van der Waals surface area contributed by atoms with Crippen LogP contribution in [0.1, 0.15) is 29.3 Å². The minimum atomic E-state index is 0.0600. The molecule has 0 aromatic heterocycles. The van der Waals surface area contributed by atoms with Gasteiger partial charge in [0, 0.05) is 15.2 Å². The maximum atomic E-state index is 12.3. The van der Waals surface area contributed by atoms with E-state index in [0.717, 1.165) is 34.2 Å². The van der Waals surface area contributed by atoms with Crippen LogP contribution in [-0.4, -0.2) is 25.0 Å². The topological polar surface area (TPSA) is 41.1 Å². The summed E-state index contributed by atoms with van der Waals surface area (Å²) in [6.07, 6.45) is 1.01. The van der Waals surface area contributed by atoms with Gasteiger partial charge in [0.2, 0.25) is 0 Å². The van der Waals surface area contributed by atoms with Crippen LogP contribution in [0.3, 0.4) is 0 Å². The predicted molar refractivity (Wildman–Crippen MR) is 81.8 cm³/mol. The van der Waals surface area contributed by atoms with E-state index in [1.54, 1.807) is 0 Å². The maximum absolute atomic E-state index is 12.3. The molecule has 2 unspecified atom stereocenters. The van der Waals surface area contributed by atoms with Gasteiger partial charge in [-0.15, -0.1) is 0 Å². The molecule has 2 rings (SSSR count). The van der Waals surface area contributed by atoms with Crippen molar-refractivity contribution < 1.29 is 4.79 Å². The number of carbonyl (C=O) groups excluding carboxylic acids is 1. The van der Waals surface area contributed by atoms with Crippen molar-refractivity contribution in [1.82, 2.24) is 10.6 Å². The molecule has 1 saturated heterocycles. The maximum Gasteiger partial charge on any atom is 0.251 e. The highest BCUT2D eigenvalue weighted by Gasteiger charge is 2.23. The second-order valence-corrected chi connectivity index (χ2v) is 6.12. The summed E-state index contributed by atoms with van der Waals surface area (Å²) in [5.74, 6) is 0.551. The van der Waals surface area contributed by atoms with Crippen molar-refractivity contribution in [3.8, 4) is 0 Å². The Morgan fingerprint density at radius 1 is 1.50 bits per heavy atom. The number of nitrogens with one attached hydrogen (secondary N) is 2. The number of halogens is 1. The van der Waals surface area contributed by atoms with Gasteiger partial charge in [0.25, 0.3) is 5.91 Å². The van der Waals surface area contributed by atoms with Gasteiger partial charge in [-0.3, -0.25) is 4.79 Å². The summed E-state index contributed by atoms with van der Waals surface area (Å²) in [6, 6.07) is 6.16. The van der Waals surface area contributed by atoms with E-state index in [0.29, 0.717) is 5.92 Å². The van der Waals surface area contributed by atoms with E-state index in [1.807, 2.05) is 25.1 Å². The number of amides is 1. The molecule has 18 heavy (non-hydrogen) atoms. The van der Waals surface area contributed by atoms with E-state index in [-0.39, 0.29) is 11.9 Å². The van der Waals surface area contributed by atoms with Gasteiger partial charge in [0.1, 0.15) is 0 Å². The number of benzene rings is 1. The number of hydrogen-bond donors (Lipinski definition) is 2. The summed E-state index contributed by atoms with van der Waals surface area (Å²) in [6.45, 7) is 6.15. The first-order valence-corrected chi connectivity index (χ1v) is 7.44. The summed E-state index contributed by atoms with van der Waals surface area (Å²) >= 11 is 2.27. The highest BCUT2D eigenvalue weighted by atomic mass is 127. The fourth-order valence-corrected chi connectivity index (χ4v) is 2.83. The van der Waals surface area contributed by atoms with Crippen LogP contribution in [0.5, 0.6) is 0 Å². The molecule has 1 amide bonds. The number of piperidine rings is 1. The van der Waals surface area contributed by atoms with Crippen LogP contribution in [0.4, 0.5) is 0 Å².